The van der Waals surface area contributed by atoms with Crippen molar-refractivity contribution in [3.05, 3.63) is 47.8 Å². The van der Waals surface area contributed by atoms with Crippen molar-refractivity contribution in [1.29, 1.82) is 0 Å². The first-order chi connectivity index (χ1) is 11.5. The van der Waals surface area contributed by atoms with E-state index < -0.39 is 5.97 Å². The van der Waals surface area contributed by atoms with Crippen LogP contribution in [0.3, 0.4) is 0 Å². The second-order valence-electron chi connectivity index (χ2n) is 5.12. The summed E-state index contributed by atoms with van der Waals surface area (Å²) in [4.78, 5) is 12.4. The first-order valence-electron chi connectivity index (χ1n) is 7.38. The first kappa shape index (κ1) is 15.9. The minimum atomic E-state index is -0.526. The quantitative estimate of drug-likeness (QED) is 0.578. The summed E-state index contributed by atoms with van der Waals surface area (Å²) in [5.74, 6) is -0.170. The van der Waals surface area contributed by atoms with Gasteiger partial charge in [-0.1, -0.05) is 0 Å². The van der Waals surface area contributed by atoms with E-state index in [1.54, 1.807) is 19.1 Å². The highest BCUT2D eigenvalue weighted by molar-refractivity contribution is 6.09. The van der Waals surface area contributed by atoms with Crippen molar-refractivity contribution in [2.24, 2.45) is 0 Å². The Balaban J connectivity index is 2.29. The lowest BCUT2D eigenvalue weighted by Crippen LogP contribution is -2.05. The topological polar surface area (TPSA) is 74.7 Å². The number of ether oxygens (including phenoxy) is 2. The van der Waals surface area contributed by atoms with Crippen molar-refractivity contribution < 1.29 is 23.1 Å². The number of benzene rings is 2. The summed E-state index contributed by atoms with van der Waals surface area (Å²) < 4.78 is 29.3. The monoisotopic (exact) mass is 329 g/mol. The Kier molecular flexibility index (Phi) is 4.12. The van der Waals surface area contributed by atoms with Crippen molar-refractivity contribution >= 4 is 22.6 Å². The summed E-state index contributed by atoms with van der Waals surface area (Å²) in [5, 5.41) is 0.527. The highest BCUT2D eigenvalue weighted by atomic mass is 19.1. The summed E-state index contributed by atoms with van der Waals surface area (Å²) in [6.45, 7) is 1.94. The van der Waals surface area contributed by atoms with E-state index >= 15 is 0 Å². The second-order valence-corrected chi connectivity index (χ2v) is 5.12. The zero-order valence-electron chi connectivity index (χ0n) is 13.3. The van der Waals surface area contributed by atoms with Crippen LogP contribution >= 0.6 is 0 Å². The van der Waals surface area contributed by atoms with E-state index in [1.807, 2.05) is 0 Å². The van der Waals surface area contributed by atoms with Gasteiger partial charge in [-0.15, -0.1) is 0 Å². The number of carbonyl (C=O) groups is 1. The Hall–Kier alpha value is -3.02. The predicted molar refractivity (Wildman–Crippen MR) is 88.5 cm³/mol. The molecule has 0 radical (unpaired) electrons. The fourth-order valence-electron chi connectivity index (χ4n) is 2.53. The third-order valence-corrected chi connectivity index (χ3v) is 3.63. The molecule has 1 aromatic heterocycles. The summed E-state index contributed by atoms with van der Waals surface area (Å²) >= 11 is 0. The SMILES string of the molecule is CCOC(=O)c1c(-c2ccc(F)cc2)oc2cc(N)c(OC)cc12. The number of halogens is 1. The maximum Gasteiger partial charge on any atom is 0.342 e. The van der Waals surface area contributed by atoms with Crippen molar-refractivity contribution in [3.8, 4) is 17.1 Å². The van der Waals surface area contributed by atoms with Gasteiger partial charge in [-0.3, -0.25) is 0 Å². The van der Waals surface area contributed by atoms with Gasteiger partial charge in [0.2, 0.25) is 0 Å². The van der Waals surface area contributed by atoms with E-state index in [9.17, 15) is 9.18 Å². The molecule has 0 atom stereocenters. The molecule has 0 bridgehead atoms. The zero-order chi connectivity index (χ0) is 17.3. The molecule has 2 aromatic carbocycles. The molecule has 5 nitrogen and oxygen atoms in total. The van der Waals surface area contributed by atoms with Gasteiger partial charge >= 0.3 is 5.97 Å². The summed E-state index contributed by atoms with van der Waals surface area (Å²) in [6, 6.07) is 8.89. The van der Waals surface area contributed by atoms with Crippen LogP contribution in [-0.4, -0.2) is 19.7 Å². The summed E-state index contributed by atoms with van der Waals surface area (Å²) in [5.41, 5.74) is 7.54. The van der Waals surface area contributed by atoms with Crippen molar-refractivity contribution in [3.63, 3.8) is 0 Å². The van der Waals surface area contributed by atoms with Gasteiger partial charge in [-0.2, -0.15) is 0 Å². The molecule has 2 N–H and O–H groups in total. The van der Waals surface area contributed by atoms with Crippen LogP contribution < -0.4 is 10.5 Å². The first-order valence-corrected chi connectivity index (χ1v) is 7.38. The number of rotatable bonds is 4. The molecule has 124 valence electrons. The normalized spacial score (nSPS) is 10.8. The largest absolute Gasteiger partial charge is 0.495 e. The molecule has 24 heavy (non-hydrogen) atoms. The predicted octanol–water partition coefficient (Wildman–Crippen LogP) is 4.01. The highest BCUT2D eigenvalue weighted by Gasteiger charge is 2.24. The second kappa shape index (κ2) is 6.23. The molecule has 0 saturated carbocycles. The molecule has 0 aliphatic carbocycles. The van der Waals surface area contributed by atoms with Crippen LogP contribution in [0.2, 0.25) is 0 Å². The van der Waals surface area contributed by atoms with Crippen molar-refractivity contribution in [2.45, 2.75) is 6.92 Å². The number of carbonyl (C=O) groups excluding carboxylic acids is 1. The van der Waals surface area contributed by atoms with Crippen molar-refractivity contribution in [2.75, 3.05) is 19.5 Å². The molecule has 3 aromatic rings. The highest BCUT2D eigenvalue weighted by Crippen LogP contribution is 2.38. The van der Waals surface area contributed by atoms with Crippen LogP contribution in [0.25, 0.3) is 22.3 Å². The molecule has 0 spiro atoms. The molecule has 6 heteroatoms. The number of nitrogens with two attached hydrogens (primary N) is 1. The fourth-order valence-corrected chi connectivity index (χ4v) is 2.53. The van der Waals surface area contributed by atoms with Crippen LogP contribution in [0.1, 0.15) is 17.3 Å². The number of nitrogen functional groups attached to an aromatic ring is 1. The Morgan fingerprint density at radius 2 is 1.96 bits per heavy atom. The number of furan rings is 1. The molecule has 3 rings (SSSR count). The number of fused-ring (bicyclic) bond motifs is 1. The Morgan fingerprint density at radius 1 is 1.25 bits per heavy atom. The van der Waals surface area contributed by atoms with Gasteiger partial charge < -0.3 is 19.6 Å². The van der Waals surface area contributed by atoms with Gasteiger partial charge in [-0.25, -0.2) is 9.18 Å². The average Bonchev–Trinajstić information content (AvgIpc) is 2.93. The maximum atomic E-state index is 13.2. The van der Waals surface area contributed by atoms with E-state index in [2.05, 4.69) is 0 Å². The molecule has 0 aliphatic rings. The zero-order valence-corrected chi connectivity index (χ0v) is 13.3. The Morgan fingerprint density at radius 3 is 2.58 bits per heavy atom. The van der Waals surface area contributed by atoms with Crippen molar-refractivity contribution in [1.82, 2.24) is 0 Å². The van der Waals surface area contributed by atoms with Gasteiger partial charge in [0.15, 0.2) is 0 Å². The number of hydrogen-bond acceptors (Lipinski definition) is 5. The Labute approximate surface area is 137 Å². The molecule has 0 saturated heterocycles. The summed E-state index contributed by atoms with van der Waals surface area (Å²) in [7, 11) is 1.49. The summed E-state index contributed by atoms with van der Waals surface area (Å²) in [6.07, 6.45) is 0. The maximum absolute atomic E-state index is 13.2. The van der Waals surface area contributed by atoms with Crippen LogP contribution in [0.4, 0.5) is 10.1 Å². The average molecular weight is 329 g/mol. The lowest BCUT2D eigenvalue weighted by molar-refractivity contribution is 0.0529. The van der Waals surface area contributed by atoms with E-state index in [0.29, 0.717) is 33.7 Å². The van der Waals surface area contributed by atoms with Gasteiger partial charge in [0.1, 0.15) is 28.5 Å². The smallest absolute Gasteiger partial charge is 0.342 e. The lowest BCUT2D eigenvalue weighted by Gasteiger charge is -2.05. The van der Waals surface area contributed by atoms with Crippen LogP contribution in [-0.2, 0) is 4.74 Å². The number of hydrogen-bond donors (Lipinski definition) is 1. The van der Waals surface area contributed by atoms with Gasteiger partial charge in [0, 0.05) is 17.0 Å². The van der Waals surface area contributed by atoms with E-state index in [1.165, 1.54) is 31.4 Å². The van der Waals surface area contributed by atoms with Crippen LogP contribution in [0, 0.1) is 5.82 Å². The van der Waals surface area contributed by atoms with Gasteiger partial charge in [0.25, 0.3) is 0 Å². The minimum Gasteiger partial charge on any atom is -0.495 e. The van der Waals surface area contributed by atoms with Crippen LogP contribution in [0.5, 0.6) is 5.75 Å². The number of anilines is 1. The van der Waals surface area contributed by atoms with E-state index in [0.717, 1.165) is 0 Å². The third-order valence-electron chi connectivity index (χ3n) is 3.63. The molecule has 0 fully saturated rings. The molecule has 0 amide bonds. The number of methoxy groups -OCH3 is 1. The molecule has 0 unspecified atom stereocenters. The van der Waals surface area contributed by atoms with E-state index in [-0.39, 0.29) is 18.0 Å². The molecule has 0 aliphatic heterocycles. The molecular weight excluding hydrogens is 313 g/mol. The standard InChI is InChI=1S/C18H16FNO4/c1-3-23-18(21)16-12-8-15(22-2)13(20)9-14(12)24-17(16)10-4-6-11(19)7-5-10/h4-9H,3,20H2,1-2H3. The van der Waals surface area contributed by atoms with E-state index in [4.69, 9.17) is 19.6 Å². The number of esters is 1. The lowest BCUT2D eigenvalue weighted by atomic mass is 10.0. The molecular formula is C18H16FNO4. The van der Waals surface area contributed by atoms with Crippen LogP contribution in [0.15, 0.2) is 40.8 Å². The molecule has 1 heterocycles. The van der Waals surface area contributed by atoms with Gasteiger partial charge in [0.05, 0.1) is 19.4 Å². The fraction of sp³-hybridized carbons (Fsp3) is 0.167. The minimum absolute atomic E-state index is 0.223. The third kappa shape index (κ3) is 2.67. The Bertz CT molecular complexity index is 900. The van der Waals surface area contributed by atoms with Gasteiger partial charge in [-0.05, 0) is 37.3 Å².